The van der Waals surface area contributed by atoms with Crippen molar-refractivity contribution in [3.63, 3.8) is 0 Å². The molecule has 36 heavy (non-hydrogen) atoms. The van der Waals surface area contributed by atoms with Gasteiger partial charge in [0.15, 0.2) is 0 Å². The summed E-state index contributed by atoms with van der Waals surface area (Å²) in [6.45, 7) is 7.10. The Morgan fingerprint density at radius 3 is 1.47 bits per heavy atom. The molecule has 5 aromatic carbocycles. The van der Waals surface area contributed by atoms with Crippen molar-refractivity contribution in [2.45, 2.75) is 26.4 Å². The maximum Gasteiger partial charge on any atom is 0.112 e. The average Bonchev–Trinajstić information content (AvgIpc) is 3.28. The molecule has 0 atom stereocenters. The number of nitrogens with zero attached hydrogens (tertiary/aromatic N) is 1. The van der Waals surface area contributed by atoms with Gasteiger partial charge in [-0.3, -0.25) is 0 Å². The van der Waals surface area contributed by atoms with E-state index in [2.05, 4.69) is 146 Å². The van der Waals surface area contributed by atoms with Crippen LogP contribution in [-0.2, 0) is 6.42 Å². The quantitative estimate of drug-likeness (QED) is 0.221. The SMILES string of the molecule is CCc1ccc(-c2ccc([Si](C)(C)c3ccc(-n4c5ccccc5c5ccccc54)cc3)cc2)cc1. The molecule has 0 radical (unpaired) electrons. The summed E-state index contributed by atoms with van der Waals surface area (Å²) in [6.07, 6.45) is 1.08. The van der Waals surface area contributed by atoms with E-state index in [9.17, 15) is 0 Å². The van der Waals surface area contributed by atoms with Crippen molar-refractivity contribution in [1.82, 2.24) is 4.57 Å². The van der Waals surface area contributed by atoms with Crippen molar-refractivity contribution in [2.75, 3.05) is 0 Å². The van der Waals surface area contributed by atoms with Gasteiger partial charge in [-0.2, -0.15) is 0 Å². The van der Waals surface area contributed by atoms with Gasteiger partial charge >= 0.3 is 0 Å². The predicted molar refractivity (Wildman–Crippen MR) is 159 cm³/mol. The smallest absolute Gasteiger partial charge is 0.112 e. The molecule has 0 fully saturated rings. The molecule has 0 aliphatic rings. The molecule has 6 aromatic rings. The molecule has 1 heterocycles. The van der Waals surface area contributed by atoms with Crippen LogP contribution in [0.1, 0.15) is 12.5 Å². The molecule has 0 bridgehead atoms. The van der Waals surface area contributed by atoms with Crippen molar-refractivity contribution >= 4 is 40.3 Å². The topological polar surface area (TPSA) is 4.93 Å². The maximum atomic E-state index is 2.45. The van der Waals surface area contributed by atoms with Gasteiger partial charge in [0, 0.05) is 16.5 Å². The van der Waals surface area contributed by atoms with Gasteiger partial charge in [0.05, 0.1) is 11.0 Å². The fourth-order valence-corrected chi connectivity index (χ4v) is 7.74. The van der Waals surface area contributed by atoms with Crippen LogP contribution < -0.4 is 10.4 Å². The van der Waals surface area contributed by atoms with Gasteiger partial charge in [-0.15, -0.1) is 0 Å². The molecule has 0 spiro atoms. The normalized spacial score (nSPS) is 11.9. The molecule has 0 N–H and O–H groups in total. The Morgan fingerprint density at radius 2 is 0.972 bits per heavy atom. The van der Waals surface area contributed by atoms with Crippen molar-refractivity contribution in [3.8, 4) is 16.8 Å². The third-order valence-corrected chi connectivity index (χ3v) is 11.3. The number of aromatic nitrogens is 1. The van der Waals surface area contributed by atoms with Crippen molar-refractivity contribution in [3.05, 3.63) is 127 Å². The molecule has 2 heteroatoms. The summed E-state index contributed by atoms with van der Waals surface area (Å²) < 4.78 is 2.39. The van der Waals surface area contributed by atoms with Crippen LogP contribution in [-0.4, -0.2) is 12.6 Å². The van der Waals surface area contributed by atoms with Crippen molar-refractivity contribution in [2.24, 2.45) is 0 Å². The highest BCUT2D eigenvalue weighted by Crippen LogP contribution is 2.31. The second kappa shape index (κ2) is 8.96. The first-order valence-electron chi connectivity index (χ1n) is 12.9. The highest BCUT2D eigenvalue weighted by Gasteiger charge is 2.26. The summed E-state index contributed by atoms with van der Waals surface area (Å²) in [5.41, 5.74) is 7.68. The predicted octanol–water partition coefficient (Wildman–Crippen LogP) is 7.84. The van der Waals surface area contributed by atoms with E-state index in [1.807, 2.05) is 0 Å². The number of hydrogen-bond donors (Lipinski definition) is 0. The first-order chi connectivity index (χ1) is 17.6. The molecule has 0 aliphatic heterocycles. The Bertz CT molecular complexity index is 1600. The Morgan fingerprint density at radius 1 is 0.528 bits per heavy atom. The van der Waals surface area contributed by atoms with Crippen LogP contribution in [0.3, 0.4) is 0 Å². The van der Waals surface area contributed by atoms with Crippen LogP contribution in [0.25, 0.3) is 38.6 Å². The Balaban J connectivity index is 1.33. The number of aryl methyl sites for hydroxylation is 1. The van der Waals surface area contributed by atoms with Gasteiger partial charge in [-0.05, 0) is 47.4 Å². The Labute approximate surface area is 214 Å². The van der Waals surface area contributed by atoms with E-state index in [-0.39, 0.29) is 0 Å². The minimum absolute atomic E-state index is 1.08. The lowest BCUT2D eigenvalue weighted by molar-refractivity contribution is 1.14. The van der Waals surface area contributed by atoms with E-state index in [1.165, 1.54) is 54.6 Å². The second-order valence-corrected chi connectivity index (χ2v) is 14.6. The van der Waals surface area contributed by atoms with Gasteiger partial charge in [-0.25, -0.2) is 0 Å². The molecule has 0 saturated heterocycles. The number of rotatable bonds is 5. The lowest BCUT2D eigenvalue weighted by atomic mass is 10.0. The zero-order valence-electron chi connectivity index (χ0n) is 21.2. The number of para-hydroxylation sites is 2. The number of fused-ring (bicyclic) bond motifs is 3. The third kappa shape index (κ3) is 3.79. The Kier molecular flexibility index (Phi) is 5.62. The van der Waals surface area contributed by atoms with Gasteiger partial charge in [-0.1, -0.05) is 127 Å². The molecule has 0 aliphatic carbocycles. The zero-order valence-corrected chi connectivity index (χ0v) is 22.2. The van der Waals surface area contributed by atoms with Crippen LogP contribution in [0.4, 0.5) is 0 Å². The fraction of sp³-hybridized carbons (Fsp3) is 0.118. The molecular formula is C34H31NSi. The molecular weight excluding hydrogens is 450 g/mol. The van der Waals surface area contributed by atoms with Gasteiger partial charge in [0.25, 0.3) is 0 Å². The van der Waals surface area contributed by atoms with Crippen LogP contribution in [0.5, 0.6) is 0 Å². The summed E-state index contributed by atoms with van der Waals surface area (Å²) in [4.78, 5) is 0. The average molecular weight is 482 g/mol. The minimum Gasteiger partial charge on any atom is -0.309 e. The lowest BCUT2D eigenvalue weighted by Gasteiger charge is -2.24. The van der Waals surface area contributed by atoms with Crippen LogP contribution in [0.15, 0.2) is 121 Å². The molecule has 6 rings (SSSR count). The minimum atomic E-state index is -1.82. The third-order valence-electron chi connectivity index (χ3n) is 7.73. The number of hydrogen-bond acceptors (Lipinski definition) is 0. The largest absolute Gasteiger partial charge is 0.309 e. The highest BCUT2D eigenvalue weighted by atomic mass is 28.3. The van der Waals surface area contributed by atoms with E-state index >= 15 is 0 Å². The summed E-state index contributed by atoms with van der Waals surface area (Å²) in [6, 6.07) is 44.9. The summed E-state index contributed by atoms with van der Waals surface area (Å²) >= 11 is 0. The van der Waals surface area contributed by atoms with E-state index in [0.717, 1.165) is 6.42 Å². The first kappa shape index (κ1) is 22.6. The monoisotopic (exact) mass is 481 g/mol. The maximum absolute atomic E-state index is 2.45. The fourth-order valence-electron chi connectivity index (χ4n) is 5.41. The Hall–Kier alpha value is -3.88. The molecule has 176 valence electrons. The van der Waals surface area contributed by atoms with Crippen LogP contribution >= 0.6 is 0 Å². The van der Waals surface area contributed by atoms with E-state index in [4.69, 9.17) is 0 Å². The summed E-state index contributed by atoms with van der Waals surface area (Å²) in [5.74, 6) is 0. The van der Waals surface area contributed by atoms with Crippen LogP contribution in [0.2, 0.25) is 13.1 Å². The highest BCUT2D eigenvalue weighted by molar-refractivity contribution is 7.00. The van der Waals surface area contributed by atoms with E-state index in [1.54, 1.807) is 0 Å². The van der Waals surface area contributed by atoms with Gasteiger partial charge in [0.2, 0.25) is 0 Å². The van der Waals surface area contributed by atoms with Crippen molar-refractivity contribution in [1.29, 1.82) is 0 Å². The van der Waals surface area contributed by atoms with E-state index < -0.39 is 8.07 Å². The molecule has 1 aromatic heterocycles. The van der Waals surface area contributed by atoms with Crippen LogP contribution in [0, 0.1) is 0 Å². The first-order valence-corrected chi connectivity index (χ1v) is 15.9. The van der Waals surface area contributed by atoms with Crippen molar-refractivity contribution < 1.29 is 0 Å². The van der Waals surface area contributed by atoms with E-state index in [0.29, 0.717) is 0 Å². The zero-order chi connectivity index (χ0) is 24.7. The molecule has 0 unspecified atom stereocenters. The number of benzene rings is 5. The molecule has 1 nitrogen and oxygen atoms in total. The van der Waals surface area contributed by atoms with Gasteiger partial charge in [0.1, 0.15) is 8.07 Å². The molecule has 0 saturated carbocycles. The lowest BCUT2D eigenvalue weighted by Crippen LogP contribution is -2.52. The standard InChI is InChI=1S/C34H31NSi/c1-4-25-13-15-26(16-14-25)27-17-21-29(22-18-27)36(2,3)30-23-19-28(20-24-30)35-33-11-7-5-9-31(33)32-10-6-8-12-34(32)35/h5-24H,4H2,1-3H3. The second-order valence-electron chi connectivity index (χ2n) is 10.2. The van der Waals surface area contributed by atoms with Gasteiger partial charge < -0.3 is 4.57 Å². The summed E-state index contributed by atoms with van der Waals surface area (Å²) in [7, 11) is -1.82. The summed E-state index contributed by atoms with van der Waals surface area (Å²) in [5, 5.41) is 5.51. The molecule has 0 amide bonds.